The van der Waals surface area contributed by atoms with Crippen LogP contribution in [-0.2, 0) is 6.54 Å². The normalized spacial score (nSPS) is 18.4. The van der Waals surface area contributed by atoms with Crippen molar-refractivity contribution in [2.24, 2.45) is 0 Å². The Kier molecular flexibility index (Phi) is 4.99. The second-order valence-corrected chi connectivity index (χ2v) is 7.64. The Morgan fingerprint density at radius 3 is 2.53 bits per heavy atom. The van der Waals surface area contributed by atoms with Crippen molar-refractivity contribution >= 4 is 17.3 Å². The second-order valence-electron chi connectivity index (χ2n) is 7.25. The summed E-state index contributed by atoms with van der Waals surface area (Å²) in [6.45, 7) is 0.721. The molecule has 1 aromatic carbocycles. The molecule has 4 heterocycles. The molecule has 0 amide bonds. The maximum Gasteiger partial charge on any atom is 0.170 e. The van der Waals surface area contributed by atoms with Crippen LogP contribution in [0.3, 0.4) is 0 Å². The van der Waals surface area contributed by atoms with Gasteiger partial charge in [0, 0.05) is 30.8 Å². The van der Waals surface area contributed by atoms with Crippen LogP contribution in [0.25, 0.3) is 5.69 Å². The summed E-state index contributed by atoms with van der Waals surface area (Å²) >= 11 is 5.79. The van der Waals surface area contributed by atoms with Crippen molar-refractivity contribution in [3.63, 3.8) is 0 Å². The molecule has 1 aliphatic heterocycles. The lowest BCUT2D eigenvalue weighted by molar-refractivity contribution is 0.302. The van der Waals surface area contributed by atoms with Crippen molar-refractivity contribution in [2.45, 2.75) is 18.6 Å². The number of benzene rings is 1. The molecule has 0 unspecified atom stereocenters. The number of aromatic nitrogens is 3. The fourth-order valence-electron chi connectivity index (χ4n) is 4.04. The molecule has 1 N–H and O–H groups in total. The fraction of sp³-hybridized carbons (Fsp3) is 0.125. The zero-order valence-electron chi connectivity index (χ0n) is 16.3. The molecule has 4 aromatic rings. The smallest absolute Gasteiger partial charge is 0.170 e. The highest BCUT2D eigenvalue weighted by molar-refractivity contribution is 7.80. The molecular formula is C24H21N5S. The Bertz CT molecular complexity index is 1130. The molecule has 6 heteroatoms. The molecular weight excluding hydrogens is 390 g/mol. The van der Waals surface area contributed by atoms with E-state index in [0.717, 1.165) is 28.7 Å². The van der Waals surface area contributed by atoms with Gasteiger partial charge in [0.1, 0.15) is 0 Å². The van der Waals surface area contributed by atoms with Gasteiger partial charge in [-0.25, -0.2) is 0 Å². The third-order valence-corrected chi connectivity index (χ3v) is 5.75. The van der Waals surface area contributed by atoms with Gasteiger partial charge in [-0.05, 0) is 54.2 Å². The van der Waals surface area contributed by atoms with Crippen molar-refractivity contribution < 1.29 is 0 Å². The zero-order valence-corrected chi connectivity index (χ0v) is 17.1. The number of nitrogens with zero attached hydrogens (tertiary/aromatic N) is 4. The van der Waals surface area contributed by atoms with E-state index in [9.17, 15) is 0 Å². The molecule has 148 valence electrons. The number of nitrogens with one attached hydrogen (secondary N) is 1. The molecule has 0 bridgehead atoms. The summed E-state index contributed by atoms with van der Waals surface area (Å²) in [5, 5.41) is 4.26. The summed E-state index contributed by atoms with van der Waals surface area (Å²) in [5.41, 5.74) is 4.35. The lowest BCUT2D eigenvalue weighted by Crippen LogP contribution is -2.30. The van der Waals surface area contributed by atoms with Gasteiger partial charge in [-0.2, -0.15) is 0 Å². The summed E-state index contributed by atoms with van der Waals surface area (Å²) in [4.78, 5) is 11.2. The van der Waals surface area contributed by atoms with Gasteiger partial charge in [0.05, 0.1) is 29.7 Å². The fourth-order valence-corrected chi connectivity index (χ4v) is 4.35. The van der Waals surface area contributed by atoms with Crippen molar-refractivity contribution in [1.82, 2.24) is 24.8 Å². The van der Waals surface area contributed by atoms with Crippen LogP contribution in [0.1, 0.15) is 29.0 Å². The summed E-state index contributed by atoms with van der Waals surface area (Å²) < 4.78 is 2.18. The molecule has 30 heavy (non-hydrogen) atoms. The van der Waals surface area contributed by atoms with Gasteiger partial charge >= 0.3 is 0 Å². The summed E-state index contributed by atoms with van der Waals surface area (Å²) in [6.07, 6.45) is 7.57. The number of hydrogen-bond donors (Lipinski definition) is 1. The van der Waals surface area contributed by atoms with Crippen LogP contribution in [0.2, 0.25) is 0 Å². The number of pyridine rings is 2. The minimum absolute atomic E-state index is 0.0113. The maximum atomic E-state index is 5.79. The van der Waals surface area contributed by atoms with E-state index in [0.29, 0.717) is 0 Å². The third kappa shape index (κ3) is 3.46. The standard InChI is InChI=1S/C24H21N5S/c30-24-27-22(20-11-4-5-14-26-20)23(29(24)17-18-8-2-1-3-9-18)21-12-7-15-28(21)19-10-6-13-25-16-19/h1-16,22-23H,17H2,(H,27,30)/t22-,23-/m0/s1. The summed E-state index contributed by atoms with van der Waals surface area (Å²) in [5.74, 6) is 0. The van der Waals surface area contributed by atoms with E-state index in [-0.39, 0.29) is 12.1 Å². The van der Waals surface area contributed by atoms with Gasteiger partial charge < -0.3 is 14.8 Å². The highest BCUT2D eigenvalue weighted by Crippen LogP contribution is 2.40. The third-order valence-electron chi connectivity index (χ3n) is 5.40. The lowest BCUT2D eigenvalue weighted by atomic mass is 10.0. The first-order valence-electron chi connectivity index (χ1n) is 9.91. The van der Waals surface area contributed by atoms with Gasteiger partial charge in [-0.1, -0.05) is 36.4 Å². The zero-order chi connectivity index (χ0) is 20.3. The molecule has 0 saturated carbocycles. The minimum atomic E-state index is -0.0484. The van der Waals surface area contributed by atoms with E-state index >= 15 is 0 Å². The van der Waals surface area contributed by atoms with E-state index in [1.54, 1.807) is 6.20 Å². The number of thiocarbonyl (C=S) groups is 1. The van der Waals surface area contributed by atoms with Crippen LogP contribution in [0.5, 0.6) is 0 Å². The largest absolute Gasteiger partial charge is 0.352 e. The Balaban J connectivity index is 1.60. The van der Waals surface area contributed by atoms with Crippen molar-refractivity contribution in [3.8, 4) is 5.69 Å². The number of hydrogen-bond acceptors (Lipinski definition) is 3. The van der Waals surface area contributed by atoms with Gasteiger partial charge in [-0.3, -0.25) is 9.97 Å². The van der Waals surface area contributed by atoms with Gasteiger partial charge in [0.2, 0.25) is 0 Å². The molecule has 1 saturated heterocycles. The average molecular weight is 412 g/mol. The predicted molar refractivity (Wildman–Crippen MR) is 121 cm³/mol. The Labute approximate surface area is 181 Å². The summed E-state index contributed by atoms with van der Waals surface area (Å²) in [6, 6.07) is 24.6. The van der Waals surface area contributed by atoms with Crippen LogP contribution >= 0.6 is 12.2 Å². The van der Waals surface area contributed by atoms with E-state index in [4.69, 9.17) is 12.2 Å². The van der Waals surface area contributed by atoms with E-state index in [1.807, 2.05) is 36.7 Å². The maximum absolute atomic E-state index is 5.79. The SMILES string of the molecule is S=C1N[C@@H](c2ccccn2)[C@H](c2cccn2-c2cccnc2)N1Cc1ccccc1. The van der Waals surface area contributed by atoms with Gasteiger partial charge in [0.25, 0.3) is 0 Å². The first-order chi connectivity index (χ1) is 14.8. The van der Waals surface area contributed by atoms with Gasteiger partial charge in [0.15, 0.2) is 5.11 Å². The molecule has 1 fully saturated rings. The monoisotopic (exact) mass is 411 g/mol. The Hall–Kier alpha value is -3.51. The lowest BCUT2D eigenvalue weighted by Gasteiger charge is -2.29. The molecule has 0 radical (unpaired) electrons. The van der Waals surface area contributed by atoms with Crippen molar-refractivity contribution in [3.05, 3.63) is 115 Å². The van der Waals surface area contributed by atoms with Crippen LogP contribution < -0.4 is 5.32 Å². The Morgan fingerprint density at radius 2 is 1.77 bits per heavy atom. The minimum Gasteiger partial charge on any atom is -0.352 e. The van der Waals surface area contributed by atoms with Crippen LogP contribution in [0, 0.1) is 0 Å². The topological polar surface area (TPSA) is 46.0 Å². The summed E-state index contributed by atoms with van der Waals surface area (Å²) in [7, 11) is 0. The first kappa shape index (κ1) is 18.5. The average Bonchev–Trinajstić information content (AvgIpc) is 3.40. The molecule has 1 aliphatic rings. The second kappa shape index (κ2) is 8.08. The molecule has 5 rings (SSSR count). The van der Waals surface area contributed by atoms with Crippen molar-refractivity contribution in [2.75, 3.05) is 0 Å². The van der Waals surface area contributed by atoms with Gasteiger partial charge in [-0.15, -0.1) is 0 Å². The van der Waals surface area contributed by atoms with Crippen LogP contribution in [0.15, 0.2) is 97.6 Å². The first-order valence-corrected chi connectivity index (χ1v) is 10.3. The molecule has 5 nitrogen and oxygen atoms in total. The molecule has 3 aromatic heterocycles. The quantitative estimate of drug-likeness (QED) is 0.492. The van der Waals surface area contributed by atoms with E-state index < -0.39 is 0 Å². The molecule has 0 spiro atoms. The predicted octanol–water partition coefficient (Wildman–Crippen LogP) is 4.44. The highest BCUT2D eigenvalue weighted by Gasteiger charge is 2.41. The van der Waals surface area contributed by atoms with Crippen LogP contribution in [0.4, 0.5) is 0 Å². The van der Waals surface area contributed by atoms with Crippen LogP contribution in [-0.4, -0.2) is 24.5 Å². The van der Waals surface area contributed by atoms with Crippen molar-refractivity contribution in [1.29, 1.82) is 0 Å². The number of rotatable bonds is 5. The van der Waals surface area contributed by atoms with E-state index in [2.05, 4.69) is 79.5 Å². The molecule has 0 aliphatic carbocycles. The van der Waals surface area contributed by atoms with E-state index in [1.165, 1.54) is 5.56 Å². The highest BCUT2D eigenvalue weighted by atomic mass is 32.1. The Morgan fingerprint density at radius 1 is 0.900 bits per heavy atom. The molecule has 2 atom stereocenters.